The van der Waals surface area contributed by atoms with Crippen molar-refractivity contribution in [2.75, 3.05) is 31.5 Å². The first-order valence-corrected chi connectivity index (χ1v) is 16.1. The maximum absolute atomic E-state index is 13.3. The highest BCUT2D eigenvalue weighted by molar-refractivity contribution is 7.90. The fourth-order valence-electron chi connectivity index (χ4n) is 5.41. The monoisotopic (exact) mass is 630 g/mol. The molecular formula is C30H32Cl2N4O5S. The molecule has 0 spiro atoms. The van der Waals surface area contributed by atoms with E-state index in [1.165, 1.54) is 12.1 Å². The van der Waals surface area contributed by atoms with E-state index in [0.29, 0.717) is 52.4 Å². The Bertz CT molecular complexity index is 1670. The standard InChI is InChI=1S/C30H32Cl2N4O5S/c1-17-27(34-18(2)28(17)30(39)33-10-13-36-11-8-19(37)9-12-36)15-22-21-14-20(6-7-26(21)35-29(22)38)42(40,41)16-23-24(31)4-3-5-25(23)32/h3-7,14-15,19,34,37H,8-13,16H2,1-2H3,(H,33,39)(H,35,38)/b22-15-. The number of H-pyrrole nitrogens is 1. The van der Waals surface area contributed by atoms with Gasteiger partial charge in [0.1, 0.15) is 0 Å². The minimum atomic E-state index is -3.85. The van der Waals surface area contributed by atoms with Crippen LogP contribution in [0.5, 0.6) is 0 Å². The molecule has 0 saturated carbocycles. The van der Waals surface area contributed by atoms with E-state index in [9.17, 15) is 23.1 Å². The summed E-state index contributed by atoms with van der Waals surface area (Å²) in [6.07, 6.45) is 2.87. The van der Waals surface area contributed by atoms with Crippen molar-refractivity contribution in [3.63, 3.8) is 0 Å². The van der Waals surface area contributed by atoms with Gasteiger partial charge in [-0.25, -0.2) is 8.42 Å². The predicted octanol–water partition coefficient (Wildman–Crippen LogP) is 4.59. The quantitative estimate of drug-likeness (QED) is 0.269. The number of fused-ring (bicyclic) bond motifs is 1. The van der Waals surface area contributed by atoms with Crippen LogP contribution in [0.2, 0.25) is 10.0 Å². The maximum Gasteiger partial charge on any atom is 0.256 e. The van der Waals surface area contributed by atoms with E-state index >= 15 is 0 Å². The molecule has 1 saturated heterocycles. The van der Waals surface area contributed by atoms with Crippen molar-refractivity contribution < 1.29 is 23.1 Å². The van der Waals surface area contributed by atoms with E-state index in [1.54, 1.807) is 44.2 Å². The summed E-state index contributed by atoms with van der Waals surface area (Å²) in [7, 11) is -3.85. The second-order valence-electron chi connectivity index (χ2n) is 10.7. The van der Waals surface area contributed by atoms with Gasteiger partial charge in [0.15, 0.2) is 9.84 Å². The zero-order chi connectivity index (χ0) is 30.2. The second kappa shape index (κ2) is 12.2. The summed E-state index contributed by atoms with van der Waals surface area (Å²) >= 11 is 12.4. The summed E-state index contributed by atoms with van der Waals surface area (Å²) < 4.78 is 26.6. The van der Waals surface area contributed by atoms with Gasteiger partial charge in [-0.1, -0.05) is 29.3 Å². The molecule has 0 aliphatic carbocycles. The SMILES string of the molecule is Cc1[nH]c(/C=C2\C(=O)Nc3ccc(S(=O)(=O)Cc4c(Cl)cccc4Cl)cc32)c(C)c1C(=O)NCCN1CCC(O)CC1. The zero-order valence-corrected chi connectivity index (χ0v) is 25.6. The lowest BCUT2D eigenvalue weighted by Crippen LogP contribution is -2.40. The molecule has 42 heavy (non-hydrogen) atoms. The lowest BCUT2D eigenvalue weighted by molar-refractivity contribution is -0.110. The molecule has 3 aromatic rings. The molecule has 2 aliphatic heterocycles. The smallest absolute Gasteiger partial charge is 0.256 e. The summed E-state index contributed by atoms with van der Waals surface area (Å²) in [5.41, 5.74) is 3.94. The van der Waals surface area contributed by atoms with E-state index in [2.05, 4.69) is 20.5 Å². The van der Waals surface area contributed by atoms with Crippen LogP contribution in [0, 0.1) is 13.8 Å². The van der Waals surface area contributed by atoms with Gasteiger partial charge >= 0.3 is 0 Å². The van der Waals surface area contributed by atoms with E-state index in [1.807, 2.05) is 0 Å². The Balaban J connectivity index is 1.37. The van der Waals surface area contributed by atoms with Crippen LogP contribution in [-0.4, -0.2) is 67.5 Å². The molecule has 0 radical (unpaired) electrons. The number of hydrogen-bond acceptors (Lipinski definition) is 6. The Morgan fingerprint density at radius 1 is 1.14 bits per heavy atom. The molecular weight excluding hydrogens is 599 g/mol. The average Bonchev–Trinajstić information content (AvgIpc) is 3.41. The van der Waals surface area contributed by atoms with E-state index in [4.69, 9.17) is 23.2 Å². The minimum Gasteiger partial charge on any atom is -0.393 e. The number of carbonyl (C=O) groups is 2. The van der Waals surface area contributed by atoms with Gasteiger partial charge in [-0.05, 0) is 68.7 Å². The molecule has 0 atom stereocenters. The molecule has 0 bridgehead atoms. The molecule has 1 fully saturated rings. The van der Waals surface area contributed by atoms with Crippen molar-refractivity contribution in [3.05, 3.63) is 80.1 Å². The van der Waals surface area contributed by atoms with Crippen LogP contribution in [0.25, 0.3) is 11.6 Å². The first kappa shape index (κ1) is 30.3. The normalized spacial score (nSPS) is 17.0. The number of anilines is 1. The average molecular weight is 632 g/mol. The van der Waals surface area contributed by atoms with Crippen LogP contribution in [0.4, 0.5) is 5.69 Å². The van der Waals surface area contributed by atoms with Gasteiger partial charge < -0.3 is 25.6 Å². The molecule has 1 aromatic heterocycles. The first-order valence-electron chi connectivity index (χ1n) is 13.7. The van der Waals surface area contributed by atoms with Gasteiger partial charge in [-0.2, -0.15) is 0 Å². The highest BCUT2D eigenvalue weighted by atomic mass is 35.5. The molecule has 12 heteroatoms. The largest absolute Gasteiger partial charge is 0.393 e. The molecule has 2 aromatic carbocycles. The van der Waals surface area contributed by atoms with Crippen molar-refractivity contribution in [2.24, 2.45) is 0 Å². The number of likely N-dealkylation sites (tertiary alicyclic amines) is 1. The number of nitrogens with zero attached hydrogens (tertiary/aromatic N) is 1. The molecule has 3 heterocycles. The van der Waals surface area contributed by atoms with Crippen molar-refractivity contribution in [3.8, 4) is 0 Å². The lowest BCUT2D eigenvalue weighted by Gasteiger charge is -2.29. The van der Waals surface area contributed by atoms with E-state index < -0.39 is 15.6 Å². The molecule has 222 valence electrons. The van der Waals surface area contributed by atoms with Gasteiger partial charge in [0, 0.05) is 64.4 Å². The summed E-state index contributed by atoms with van der Waals surface area (Å²) in [6, 6.07) is 9.29. The fraction of sp³-hybridized carbons (Fsp3) is 0.333. The Morgan fingerprint density at radius 3 is 2.52 bits per heavy atom. The number of piperidine rings is 1. The highest BCUT2D eigenvalue weighted by Crippen LogP contribution is 2.37. The number of nitrogens with one attached hydrogen (secondary N) is 3. The number of aromatic amines is 1. The highest BCUT2D eigenvalue weighted by Gasteiger charge is 2.29. The van der Waals surface area contributed by atoms with Gasteiger partial charge in [0.2, 0.25) is 0 Å². The number of aryl methyl sites for hydroxylation is 1. The molecule has 9 nitrogen and oxygen atoms in total. The molecule has 5 rings (SSSR count). The summed E-state index contributed by atoms with van der Waals surface area (Å²) in [4.78, 5) is 31.5. The first-order chi connectivity index (χ1) is 19.9. The Labute approximate surface area is 254 Å². The van der Waals surface area contributed by atoms with Crippen LogP contribution in [0.3, 0.4) is 0 Å². The zero-order valence-electron chi connectivity index (χ0n) is 23.3. The third-order valence-corrected chi connectivity index (χ3v) is 10.1. The Hall–Kier alpha value is -3.15. The second-order valence-corrected chi connectivity index (χ2v) is 13.5. The number of sulfone groups is 1. The van der Waals surface area contributed by atoms with E-state index in [0.717, 1.165) is 25.9 Å². The number of rotatable bonds is 8. The summed E-state index contributed by atoms with van der Waals surface area (Å²) in [5.74, 6) is -0.985. The number of amides is 2. The van der Waals surface area contributed by atoms with Crippen molar-refractivity contribution in [1.29, 1.82) is 0 Å². The summed E-state index contributed by atoms with van der Waals surface area (Å²) in [5, 5.41) is 16.0. The van der Waals surface area contributed by atoms with Crippen molar-refractivity contribution in [1.82, 2.24) is 15.2 Å². The van der Waals surface area contributed by atoms with Crippen molar-refractivity contribution >= 4 is 62.2 Å². The molecule has 4 N–H and O–H groups in total. The molecule has 2 amide bonds. The Kier molecular flexibility index (Phi) is 8.82. The van der Waals surface area contributed by atoms with Gasteiger partial charge in [0.25, 0.3) is 11.8 Å². The molecule has 0 unspecified atom stereocenters. The minimum absolute atomic E-state index is 0.0299. The number of halogens is 2. The van der Waals surface area contributed by atoms with Crippen LogP contribution in [-0.2, 0) is 20.4 Å². The third kappa shape index (κ3) is 6.28. The van der Waals surface area contributed by atoms with E-state index in [-0.39, 0.29) is 38.4 Å². The molecule has 2 aliphatic rings. The van der Waals surface area contributed by atoms with Gasteiger partial charge in [-0.15, -0.1) is 0 Å². The number of benzene rings is 2. The van der Waals surface area contributed by atoms with Gasteiger partial charge in [0.05, 0.1) is 27.9 Å². The number of aromatic nitrogens is 1. The lowest BCUT2D eigenvalue weighted by atomic mass is 10.0. The van der Waals surface area contributed by atoms with Crippen LogP contribution >= 0.6 is 23.2 Å². The topological polar surface area (TPSA) is 132 Å². The fourth-order valence-corrected chi connectivity index (χ4v) is 7.53. The Morgan fingerprint density at radius 2 is 1.83 bits per heavy atom. The predicted molar refractivity (Wildman–Crippen MR) is 165 cm³/mol. The number of aliphatic hydroxyl groups is 1. The number of hydrogen-bond donors (Lipinski definition) is 4. The van der Waals surface area contributed by atoms with Crippen LogP contribution < -0.4 is 10.6 Å². The number of aliphatic hydroxyl groups excluding tert-OH is 1. The maximum atomic E-state index is 13.3. The van der Waals surface area contributed by atoms with Crippen LogP contribution in [0.15, 0.2) is 41.3 Å². The summed E-state index contributed by atoms with van der Waals surface area (Å²) in [6.45, 7) is 6.38. The third-order valence-electron chi connectivity index (χ3n) is 7.79. The van der Waals surface area contributed by atoms with Crippen LogP contribution in [0.1, 0.15) is 51.3 Å². The van der Waals surface area contributed by atoms with Gasteiger partial charge in [-0.3, -0.25) is 9.59 Å². The number of carbonyl (C=O) groups excluding carboxylic acids is 2. The van der Waals surface area contributed by atoms with Crippen molar-refractivity contribution in [2.45, 2.75) is 43.4 Å².